The quantitative estimate of drug-likeness (QED) is 0.647. The molecule has 0 radical (unpaired) electrons. The van der Waals surface area contributed by atoms with Crippen molar-refractivity contribution in [2.75, 3.05) is 5.43 Å². The normalized spacial score (nSPS) is 9.13. The summed E-state index contributed by atoms with van der Waals surface area (Å²) in [5.74, 6) is -0.124. The highest BCUT2D eigenvalue weighted by molar-refractivity contribution is 6.10. The van der Waals surface area contributed by atoms with Crippen LogP contribution >= 0.6 is 0 Å². The molecule has 2 rings (SSSR count). The maximum absolute atomic E-state index is 10.9. The number of hydrogen-bond donors (Lipinski definition) is 2. The first-order chi connectivity index (χ1) is 11.1. The van der Waals surface area contributed by atoms with Gasteiger partial charge in [0.1, 0.15) is 23.6 Å². The molecule has 0 saturated heterocycles. The van der Waals surface area contributed by atoms with Gasteiger partial charge >= 0.3 is 5.97 Å². The molecule has 0 unspecified atom stereocenters. The fourth-order valence-electron chi connectivity index (χ4n) is 1.62. The number of carbonyl (C=O) groups is 1. The van der Waals surface area contributed by atoms with Gasteiger partial charge < -0.3 is 9.84 Å². The van der Waals surface area contributed by atoms with Crippen molar-refractivity contribution in [3.63, 3.8) is 0 Å². The monoisotopic (exact) mass is 306 g/mol. The largest absolute Gasteiger partial charge is 0.478 e. The molecule has 0 saturated carbocycles. The van der Waals surface area contributed by atoms with Gasteiger partial charge in [0, 0.05) is 0 Å². The Kier molecular flexibility index (Phi) is 4.90. The lowest BCUT2D eigenvalue weighted by atomic mass is 10.2. The van der Waals surface area contributed by atoms with Crippen LogP contribution in [0.4, 0.5) is 5.69 Å². The van der Waals surface area contributed by atoms with Gasteiger partial charge in [0.25, 0.3) is 0 Å². The molecule has 112 valence electrons. The number of anilines is 1. The van der Waals surface area contributed by atoms with Crippen LogP contribution in [0.2, 0.25) is 0 Å². The van der Waals surface area contributed by atoms with E-state index in [1.807, 2.05) is 0 Å². The molecule has 0 heterocycles. The number of ether oxygens (including phenoxy) is 1. The van der Waals surface area contributed by atoms with Gasteiger partial charge in [-0.2, -0.15) is 15.6 Å². The Morgan fingerprint density at radius 2 is 1.78 bits per heavy atom. The smallest absolute Gasteiger partial charge is 0.335 e. The number of hydrazone groups is 1. The molecule has 0 amide bonds. The van der Waals surface area contributed by atoms with Gasteiger partial charge in [0.2, 0.25) is 5.71 Å². The Hall–Kier alpha value is -3.84. The highest BCUT2D eigenvalue weighted by atomic mass is 16.5. The van der Waals surface area contributed by atoms with Crippen molar-refractivity contribution in [2.24, 2.45) is 5.10 Å². The van der Waals surface area contributed by atoms with E-state index >= 15 is 0 Å². The number of carboxylic acid groups (broad SMARTS) is 1. The van der Waals surface area contributed by atoms with Crippen LogP contribution in [0.5, 0.6) is 11.5 Å². The number of nitrogens with one attached hydrogen (secondary N) is 1. The lowest BCUT2D eigenvalue weighted by Crippen LogP contribution is -1.97. The summed E-state index contributed by atoms with van der Waals surface area (Å²) < 4.78 is 5.56. The number of benzene rings is 2. The van der Waals surface area contributed by atoms with Gasteiger partial charge in [-0.15, -0.1) is 0 Å². The summed E-state index contributed by atoms with van der Waals surface area (Å²) in [6.07, 6.45) is 0. The van der Waals surface area contributed by atoms with Gasteiger partial charge in [-0.3, -0.25) is 5.43 Å². The summed E-state index contributed by atoms with van der Waals surface area (Å²) in [6.45, 7) is 0. The van der Waals surface area contributed by atoms with E-state index < -0.39 is 5.97 Å². The molecule has 2 aromatic carbocycles. The molecule has 2 N–H and O–H groups in total. The molecular formula is C16H10N4O3. The van der Waals surface area contributed by atoms with Crippen molar-refractivity contribution in [1.82, 2.24) is 0 Å². The molecule has 23 heavy (non-hydrogen) atoms. The highest BCUT2D eigenvalue weighted by Crippen LogP contribution is 2.23. The van der Waals surface area contributed by atoms with E-state index in [2.05, 4.69) is 10.5 Å². The molecule has 0 aliphatic heterocycles. The fraction of sp³-hybridized carbons (Fsp3) is 0. The number of rotatable bonds is 5. The standard InChI is InChI=1S/C16H10N4O3/c17-9-13(10-18)20-19-12-4-6-14(7-5-12)23-15-3-1-2-11(8-15)16(21)22/h1-8,19H,(H,21,22). The third kappa shape index (κ3) is 4.31. The van der Waals surface area contributed by atoms with E-state index in [1.165, 1.54) is 12.1 Å². The minimum absolute atomic E-state index is 0.135. The van der Waals surface area contributed by atoms with Gasteiger partial charge in [-0.25, -0.2) is 4.79 Å². The summed E-state index contributed by atoms with van der Waals surface area (Å²) in [6, 6.07) is 16.0. The van der Waals surface area contributed by atoms with Crippen LogP contribution < -0.4 is 10.2 Å². The minimum Gasteiger partial charge on any atom is -0.478 e. The second-order valence-electron chi connectivity index (χ2n) is 4.26. The Morgan fingerprint density at radius 1 is 1.09 bits per heavy atom. The van der Waals surface area contributed by atoms with Gasteiger partial charge in [-0.1, -0.05) is 6.07 Å². The summed E-state index contributed by atoms with van der Waals surface area (Å²) in [5, 5.41) is 29.7. The Balaban J connectivity index is 2.07. The minimum atomic E-state index is -1.03. The molecule has 0 spiro atoms. The summed E-state index contributed by atoms with van der Waals surface area (Å²) in [5.41, 5.74) is 2.99. The zero-order chi connectivity index (χ0) is 16.7. The molecule has 0 aliphatic carbocycles. The van der Waals surface area contributed by atoms with Gasteiger partial charge in [-0.05, 0) is 42.5 Å². The van der Waals surface area contributed by atoms with E-state index in [4.69, 9.17) is 20.4 Å². The Morgan fingerprint density at radius 3 is 2.39 bits per heavy atom. The number of carboxylic acids is 1. The third-order valence-electron chi connectivity index (χ3n) is 2.68. The van der Waals surface area contributed by atoms with Crippen LogP contribution in [0.1, 0.15) is 10.4 Å². The van der Waals surface area contributed by atoms with Crippen LogP contribution in [0, 0.1) is 22.7 Å². The second kappa shape index (κ2) is 7.25. The molecule has 7 nitrogen and oxygen atoms in total. The van der Waals surface area contributed by atoms with E-state index in [0.717, 1.165) is 0 Å². The second-order valence-corrected chi connectivity index (χ2v) is 4.26. The predicted octanol–water partition coefficient (Wildman–Crippen LogP) is 2.99. The van der Waals surface area contributed by atoms with Crippen LogP contribution in [0.25, 0.3) is 0 Å². The maximum atomic E-state index is 10.9. The number of nitrogens with zero attached hydrogens (tertiary/aromatic N) is 3. The maximum Gasteiger partial charge on any atom is 0.335 e. The van der Waals surface area contributed by atoms with Crippen molar-refractivity contribution in [3.8, 4) is 23.6 Å². The van der Waals surface area contributed by atoms with Crippen molar-refractivity contribution in [2.45, 2.75) is 0 Å². The summed E-state index contributed by atoms with van der Waals surface area (Å²) in [4.78, 5) is 10.9. The Bertz CT molecular complexity index is 814. The van der Waals surface area contributed by atoms with Crippen LogP contribution in [0.3, 0.4) is 0 Å². The molecule has 0 aromatic heterocycles. The lowest BCUT2D eigenvalue weighted by Gasteiger charge is -2.07. The van der Waals surface area contributed by atoms with Crippen LogP contribution in [-0.4, -0.2) is 16.8 Å². The third-order valence-corrected chi connectivity index (χ3v) is 2.68. The average molecular weight is 306 g/mol. The number of aromatic carboxylic acids is 1. The Labute approximate surface area is 131 Å². The number of hydrogen-bond acceptors (Lipinski definition) is 6. The lowest BCUT2D eigenvalue weighted by molar-refractivity contribution is 0.0696. The first-order valence-electron chi connectivity index (χ1n) is 6.37. The van der Waals surface area contributed by atoms with E-state index in [9.17, 15) is 4.79 Å². The molecule has 0 aliphatic rings. The summed E-state index contributed by atoms with van der Waals surface area (Å²) >= 11 is 0. The topological polar surface area (TPSA) is 119 Å². The zero-order valence-corrected chi connectivity index (χ0v) is 11.7. The van der Waals surface area contributed by atoms with Gasteiger partial charge in [0.05, 0.1) is 11.3 Å². The van der Waals surface area contributed by atoms with Crippen molar-refractivity contribution >= 4 is 17.4 Å². The molecule has 7 heteroatoms. The van der Waals surface area contributed by atoms with E-state index in [1.54, 1.807) is 48.5 Å². The molecular weight excluding hydrogens is 296 g/mol. The molecule has 0 atom stereocenters. The van der Waals surface area contributed by atoms with Crippen molar-refractivity contribution in [3.05, 3.63) is 54.1 Å². The van der Waals surface area contributed by atoms with Crippen LogP contribution in [0.15, 0.2) is 53.6 Å². The highest BCUT2D eigenvalue weighted by Gasteiger charge is 2.04. The number of nitriles is 2. The van der Waals surface area contributed by atoms with Crippen molar-refractivity contribution < 1.29 is 14.6 Å². The van der Waals surface area contributed by atoms with E-state index in [0.29, 0.717) is 17.2 Å². The fourth-order valence-corrected chi connectivity index (χ4v) is 1.62. The molecule has 2 aromatic rings. The SMILES string of the molecule is N#CC(C#N)=NNc1ccc(Oc2cccc(C(=O)O)c2)cc1. The van der Waals surface area contributed by atoms with E-state index in [-0.39, 0.29) is 11.3 Å². The average Bonchev–Trinajstić information content (AvgIpc) is 2.57. The van der Waals surface area contributed by atoms with Crippen molar-refractivity contribution in [1.29, 1.82) is 10.5 Å². The molecule has 0 fully saturated rings. The van der Waals surface area contributed by atoms with Gasteiger partial charge in [0.15, 0.2) is 0 Å². The first kappa shape index (κ1) is 15.5. The predicted molar refractivity (Wildman–Crippen MR) is 82.2 cm³/mol. The molecule has 0 bridgehead atoms. The van der Waals surface area contributed by atoms with Crippen LogP contribution in [-0.2, 0) is 0 Å². The first-order valence-corrected chi connectivity index (χ1v) is 6.37. The zero-order valence-electron chi connectivity index (χ0n) is 11.7. The summed E-state index contributed by atoms with van der Waals surface area (Å²) in [7, 11) is 0.